The van der Waals surface area contributed by atoms with Crippen LogP contribution >= 0.6 is 0 Å². The molecule has 0 heterocycles. The molecular weight excluding hydrogens is 226 g/mol. The summed E-state index contributed by atoms with van der Waals surface area (Å²) in [7, 11) is 0. The van der Waals surface area contributed by atoms with Crippen molar-refractivity contribution in [1.82, 2.24) is 5.32 Å². The number of carbonyl (C=O) groups is 1. The molecule has 0 aromatic rings. The third-order valence-corrected chi connectivity index (χ3v) is 4.20. The predicted octanol–water partition coefficient (Wildman–Crippen LogP) is 3.28. The first-order chi connectivity index (χ1) is 8.72. The van der Waals surface area contributed by atoms with Crippen LogP contribution in [0.4, 0.5) is 0 Å². The van der Waals surface area contributed by atoms with Crippen LogP contribution in [0.25, 0.3) is 0 Å². The van der Waals surface area contributed by atoms with Crippen molar-refractivity contribution in [3.05, 3.63) is 0 Å². The Morgan fingerprint density at radius 2 is 2.00 bits per heavy atom. The van der Waals surface area contributed by atoms with Gasteiger partial charge < -0.3 is 10.1 Å². The van der Waals surface area contributed by atoms with E-state index in [0.717, 1.165) is 19.4 Å². The number of esters is 1. The second-order valence-corrected chi connectivity index (χ2v) is 5.50. The number of ether oxygens (including phenoxy) is 1. The molecule has 1 saturated carbocycles. The van der Waals surface area contributed by atoms with Crippen molar-refractivity contribution < 1.29 is 9.53 Å². The Morgan fingerprint density at radius 1 is 1.22 bits per heavy atom. The van der Waals surface area contributed by atoms with Gasteiger partial charge in [0.05, 0.1) is 6.61 Å². The third kappa shape index (κ3) is 5.38. The third-order valence-electron chi connectivity index (χ3n) is 4.20. The lowest BCUT2D eigenvalue weighted by molar-refractivity contribution is -0.143. The minimum absolute atomic E-state index is 0.0511. The van der Waals surface area contributed by atoms with E-state index in [0.29, 0.717) is 18.4 Å². The number of hydrogen-bond acceptors (Lipinski definition) is 3. The Hall–Kier alpha value is -0.570. The zero-order chi connectivity index (χ0) is 13.3. The minimum atomic E-state index is -0.0511. The summed E-state index contributed by atoms with van der Waals surface area (Å²) in [6.07, 6.45) is 9.34. The number of hydrogen-bond donors (Lipinski definition) is 1. The number of nitrogens with one attached hydrogen (secondary N) is 1. The molecule has 1 rings (SSSR count). The average molecular weight is 255 g/mol. The summed E-state index contributed by atoms with van der Waals surface area (Å²) in [5.41, 5.74) is 0.616. The molecule has 1 aliphatic carbocycles. The molecule has 0 spiro atoms. The molecule has 0 aromatic heterocycles. The van der Waals surface area contributed by atoms with Crippen LogP contribution in [0.3, 0.4) is 0 Å². The highest BCUT2D eigenvalue weighted by molar-refractivity contribution is 5.69. The van der Waals surface area contributed by atoms with E-state index in [1.165, 1.54) is 38.6 Å². The summed E-state index contributed by atoms with van der Waals surface area (Å²) in [6.45, 7) is 6.93. The van der Waals surface area contributed by atoms with E-state index in [9.17, 15) is 4.79 Å². The van der Waals surface area contributed by atoms with Crippen LogP contribution in [0.15, 0.2) is 0 Å². The van der Waals surface area contributed by atoms with Crippen molar-refractivity contribution in [3.63, 3.8) is 0 Å². The molecule has 0 saturated heterocycles. The van der Waals surface area contributed by atoms with Crippen LogP contribution in [-0.2, 0) is 9.53 Å². The second-order valence-electron chi connectivity index (χ2n) is 5.50. The van der Waals surface area contributed by atoms with Crippen LogP contribution in [0.2, 0.25) is 0 Å². The summed E-state index contributed by atoms with van der Waals surface area (Å²) in [5.74, 6) is -0.0511. The highest BCUT2D eigenvalue weighted by Gasteiger charge is 2.34. The lowest BCUT2D eigenvalue weighted by Crippen LogP contribution is -2.39. The second kappa shape index (κ2) is 8.52. The molecule has 0 radical (unpaired) electrons. The Kier molecular flexibility index (Phi) is 7.33. The minimum Gasteiger partial charge on any atom is -0.466 e. The quantitative estimate of drug-likeness (QED) is 0.481. The van der Waals surface area contributed by atoms with Gasteiger partial charge in [-0.2, -0.15) is 0 Å². The van der Waals surface area contributed by atoms with Crippen LogP contribution in [0, 0.1) is 5.41 Å². The van der Waals surface area contributed by atoms with E-state index < -0.39 is 0 Å². The largest absolute Gasteiger partial charge is 0.466 e. The van der Waals surface area contributed by atoms with E-state index >= 15 is 0 Å². The van der Waals surface area contributed by atoms with Gasteiger partial charge in [0.15, 0.2) is 0 Å². The van der Waals surface area contributed by atoms with Crippen LogP contribution < -0.4 is 5.32 Å². The summed E-state index contributed by atoms with van der Waals surface area (Å²) in [4.78, 5) is 11.1. The monoisotopic (exact) mass is 255 g/mol. The molecule has 1 fully saturated rings. The molecule has 3 heteroatoms. The molecule has 0 atom stereocenters. The van der Waals surface area contributed by atoms with Crippen molar-refractivity contribution >= 4 is 5.97 Å². The summed E-state index contributed by atoms with van der Waals surface area (Å²) in [6, 6.07) is 0. The van der Waals surface area contributed by atoms with Crippen molar-refractivity contribution in [1.29, 1.82) is 0 Å². The zero-order valence-corrected chi connectivity index (χ0v) is 12.1. The molecule has 1 N–H and O–H groups in total. The Labute approximate surface area is 112 Å². The SMILES string of the molecule is CCOC(=O)CCCCCNCC1(CC)CCC1. The molecule has 0 aromatic carbocycles. The smallest absolute Gasteiger partial charge is 0.305 e. The van der Waals surface area contributed by atoms with Crippen molar-refractivity contribution in [2.75, 3.05) is 19.7 Å². The maximum Gasteiger partial charge on any atom is 0.305 e. The molecule has 0 amide bonds. The standard InChI is InChI=1S/C15H29NO2/c1-3-15(10-8-11-15)13-16-12-7-5-6-9-14(17)18-4-2/h16H,3-13H2,1-2H3. The fourth-order valence-electron chi connectivity index (χ4n) is 2.61. The van der Waals surface area contributed by atoms with Gasteiger partial charge in [-0.15, -0.1) is 0 Å². The van der Waals surface area contributed by atoms with Gasteiger partial charge in [-0.3, -0.25) is 4.79 Å². The van der Waals surface area contributed by atoms with Gasteiger partial charge in [0.2, 0.25) is 0 Å². The van der Waals surface area contributed by atoms with Gasteiger partial charge in [0.25, 0.3) is 0 Å². The molecular formula is C15H29NO2. The average Bonchev–Trinajstić information content (AvgIpc) is 2.31. The van der Waals surface area contributed by atoms with E-state index in [1.807, 2.05) is 6.92 Å². The predicted molar refractivity (Wildman–Crippen MR) is 74.5 cm³/mol. The van der Waals surface area contributed by atoms with Crippen molar-refractivity contribution in [3.8, 4) is 0 Å². The lowest BCUT2D eigenvalue weighted by Gasteiger charge is -2.41. The van der Waals surface area contributed by atoms with Gasteiger partial charge >= 0.3 is 5.97 Å². The van der Waals surface area contributed by atoms with Gasteiger partial charge in [0, 0.05) is 13.0 Å². The Bertz CT molecular complexity index is 231. The number of carbonyl (C=O) groups excluding carboxylic acids is 1. The first-order valence-electron chi connectivity index (χ1n) is 7.59. The molecule has 106 valence electrons. The fraction of sp³-hybridized carbons (Fsp3) is 0.933. The molecule has 0 bridgehead atoms. The summed E-state index contributed by atoms with van der Waals surface area (Å²) in [5, 5.41) is 3.58. The zero-order valence-electron chi connectivity index (χ0n) is 12.1. The highest BCUT2D eigenvalue weighted by atomic mass is 16.5. The van der Waals surface area contributed by atoms with Crippen molar-refractivity contribution in [2.45, 2.75) is 65.2 Å². The first kappa shape index (κ1) is 15.5. The van der Waals surface area contributed by atoms with Crippen LogP contribution in [-0.4, -0.2) is 25.7 Å². The van der Waals surface area contributed by atoms with E-state index in [-0.39, 0.29) is 5.97 Å². The normalized spacial score (nSPS) is 17.2. The van der Waals surface area contributed by atoms with E-state index in [2.05, 4.69) is 12.2 Å². The fourth-order valence-corrected chi connectivity index (χ4v) is 2.61. The van der Waals surface area contributed by atoms with Crippen molar-refractivity contribution in [2.24, 2.45) is 5.41 Å². The van der Waals surface area contributed by atoms with Gasteiger partial charge in [-0.1, -0.05) is 19.8 Å². The molecule has 0 unspecified atom stereocenters. The van der Waals surface area contributed by atoms with Gasteiger partial charge in [-0.05, 0) is 51.0 Å². The van der Waals surface area contributed by atoms with Crippen LogP contribution in [0.5, 0.6) is 0 Å². The topological polar surface area (TPSA) is 38.3 Å². The molecule has 1 aliphatic rings. The molecule has 0 aliphatic heterocycles. The van der Waals surface area contributed by atoms with E-state index in [4.69, 9.17) is 4.74 Å². The lowest BCUT2D eigenvalue weighted by atomic mass is 9.67. The first-order valence-corrected chi connectivity index (χ1v) is 7.59. The van der Waals surface area contributed by atoms with E-state index in [1.54, 1.807) is 0 Å². The Morgan fingerprint density at radius 3 is 2.56 bits per heavy atom. The Balaban J connectivity index is 1.88. The van der Waals surface area contributed by atoms with Gasteiger partial charge in [0.1, 0.15) is 0 Å². The highest BCUT2D eigenvalue weighted by Crippen LogP contribution is 2.42. The van der Waals surface area contributed by atoms with Gasteiger partial charge in [-0.25, -0.2) is 0 Å². The maximum atomic E-state index is 11.1. The van der Waals surface area contributed by atoms with Crippen LogP contribution in [0.1, 0.15) is 65.2 Å². The maximum absolute atomic E-state index is 11.1. The number of rotatable bonds is 10. The summed E-state index contributed by atoms with van der Waals surface area (Å²) < 4.78 is 4.90. The molecule has 3 nitrogen and oxygen atoms in total. The molecule has 18 heavy (non-hydrogen) atoms. The summed E-state index contributed by atoms with van der Waals surface area (Å²) >= 11 is 0. The number of unbranched alkanes of at least 4 members (excludes halogenated alkanes) is 2.